The fourth-order valence-corrected chi connectivity index (χ4v) is 1.52. The van der Waals surface area contributed by atoms with Crippen LogP contribution >= 0.6 is 0 Å². The number of likely N-dealkylation sites (N-methyl/N-ethyl adjacent to an activating group) is 1. The minimum atomic E-state index is 0.320. The van der Waals surface area contributed by atoms with E-state index in [2.05, 4.69) is 5.32 Å². The quantitative estimate of drug-likeness (QED) is 0.747. The Morgan fingerprint density at radius 3 is 2.53 bits per heavy atom. The van der Waals surface area contributed by atoms with Crippen molar-refractivity contribution in [3.8, 4) is 5.75 Å². The van der Waals surface area contributed by atoms with Crippen LogP contribution in [0.4, 0.5) is 0 Å². The van der Waals surface area contributed by atoms with E-state index >= 15 is 0 Å². The van der Waals surface area contributed by atoms with Crippen LogP contribution in [0.3, 0.4) is 0 Å². The average Bonchev–Trinajstić information content (AvgIpc) is 2.26. The van der Waals surface area contributed by atoms with Crippen molar-refractivity contribution in [2.24, 2.45) is 0 Å². The van der Waals surface area contributed by atoms with Crippen molar-refractivity contribution in [3.63, 3.8) is 0 Å². The number of benzene rings is 1. The molecule has 0 saturated carbocycles. The number of aryl methyl sites for hydroxylation is 1. The minimum Gasteiger partial charge on any atom is -0.508 e. The largest absolute Gasteiger partial charge is 0.508 e. The summed E-state index contributed by atoms with van der Waals surface area (Å²) in [6, 6.07) is 7.74. The van der Waals surface area contributed by atoms with Crippen LogP contribution in [0.15, 0.2) is 24.3 Å². The van der Waals surface area contributed by atoms with Crippen LogP contribution in [-0.4, -0.2) is 31.9 Å². The van der Waals surface area contributed by atoms with Gasteiger partial charge in [0.2, 0.25) is 0 Å². The Labute approximate surface area is 91.1 Å². The van der Waals surface area contributed by atoms with Gasteiger partial charge >= 0.3 is 0 Å². The Balaban J connectivity index is 2.38. The zero-order valence-corrected chi connectivity index (χ0v) is 9.36. The molecule has 0 spiro atoms. The van der Waals surface area contributed by atoms with E-state index in [9.17, 15) is 0 Å². The van der Waals surface area contributed by atoms with Gasteiger partial charge in [-0.05, 0) is 37.6 Å². The van der Waals surface area contributed by atoms with Crippen molar-refractivity contribution >= 4 is 0 Å². The molecule has 1 unspecified atom stereocenters. The van der Waals surface area contributed by atoms with Crippen molar-refractivity contribution < 1.29 is 9.84 Å². The third-order valence-electron chi connectivity index (χ3n) is 2.49. The van der Waals surface area contributed by atoms with E-state index in [1.807, 2.05) is 19.2 Å². The summed E-state index contributed by atoms with van der Waals surface area (Å²) in [7, 11) is 3.66. The van der Waals surface area contributed by atoms with Crippen LogP contribution in [0.2, 0.25) is 0 Å². The zero-order valence-electron chi connectivity index (χ0n) is 9.36. The Morgan fingerprint density at radius 2 is 2.00 bits per heavy atom. The molecular weight excluding hydrogens is 190 g/mol. The molecule has 0 aliphatic carbocycles. The molecule has 0 aliphatic heterocycles. The van der Waals surface area contributed by atoms with Crippen LogP contribution in [0.1, 0.15) is 12.0 Å². The van der Waals surface area contributed by atoms with Gasteiger partial charge in [-0.15, -0.1) is 0 Å². The first-order valence-electron chi connectivity index (χ1n) is 5.20. The summed E-state index contributed by atoms with van der Waals surface area (Å²) in [5.74, 6) is 0.320. The molecule has 1 atom stereocenters. The van der Waals surface area contributed by atoms with E-state index in [-0.39, 0.29) is 0 Å². The molecule has 84 valence electrons. The monoisotopic (exact) mass is 209 g/mol. The van der Waals surface area contributed by atoms with Crippen LogP contribution < -0.4 is 5.32 Å². The Morgan fingerprint density at radius 1 is 1.33 bits per heavy atom. The van der Waals surface area contributed by atoms with E-state index in [1.165, 1.54) is 5.56 Å². The fraction of sp³-hybridized carbons (Fsp3) is 0.500. The summed E-state index contributed by atoms with van der Waals surface area (Å²) >= 11 is 0. The summed E-state index contributed by atoms with van der Waals surface area (Å²) in [6.07, 6.45) is 2.03. The molecule has 1 aromatic carbocycles. The Hall–Kier alpha value is -1.06. The first-order valence-corrected chi connectivity index (χ1v) is 5.20. The minimum absolute atomic E-state index is 0.320. The fourth-order valence-electron chi connectivity index (χ4n) is 1.52. The maximum atomic E-state index is 9.13. The van der Waals surface area contributed by atoms with Gasteiger partial charge in [0.1, 0.15) is 5.75 Å². The molecule has 0 aromatic heterocycles. The first-order chi connectivity index (χ1) is 7.26. The highest BCUT2D eigenvalue weighted by Gasteiger charge is 2.05. The SMILES string of the molecule is CNC(CCc1ccc(O)cc1)COC. The third kappa shape index (κ3) is 4.32. The van der Waals surface area contributed by atoms with Gasteiger partial charge in [0.05, 0.1) is 6.61 Å². The third-order valence-corrected chi connectivity index (χ3v) is 2.49. The molecule has 1 aromatic rings. The molecule has 2 N–H and O–H groups in total. The molecule has 0 bridgehead atoms. The van der Waals surface area contributed by atoms with Crippen molar-refractivity contribution in [2.45, 2.75) is 18.9 Å². The molecule has 1 rings (SSSR count). The molecule has 0 fully saturated rings. The number of phenolic OH excluding ortho intramolecular Hbond substituents is 1. The molecule has 0 radical (unpaired) electrons. The first kappa shape index (κ1) is 12.0. The van der Waals surface area contributed by atoms with Crippen LogP contribution in [0.25, 0.3) is 0 Å². The average molecular weight is 209 g/mol. The zero-order chi connectivity index (χ0) is 11.1. The van der Waals surface area contributed by atoms with E-state index in [4.69, 9.17) is 9.84 Å². The summed E-state index contributed by atoms with van der Waals surface area (Å²) in [5.41, 5.74) is 1.24. The number of phenols is 1. The van der Waals surface area contributed by atoms with Crippen LogP contribution in [0, 0.1) is 0 Å². The molecule has 15 heavy (non-hydrogen) atoms. The highest BCUT2D eigenvalue weighted by molar-refractivity contribution is 5.25. The number of rotatable bonds is 6. The van der Waals surface area contributed by atoms with E-state index < -0.39 is 0 Å². The van der Waals surface area contributed by atoms with Gasteiger partial charge in [-0.2, -0.15) is 0 Å². The van der Waals surface area contributed by atoms with Crippen molar-refractivity contribution in [3.05, 3.63) is 29.8 Å². The van der Waals surface area contributed by atoms with Crippen molar-refractivity contribution in [1.82, 2.24) is 5.32 Å². The summed E-state index contributed by atoms with van der Waals surface area (Å²) < 4.78 is 5.10. The topological polar surface area (TPSA) is 41.5 Å². The van der Waals surface area contributed by atoms with E-state index in [0.717, 1.165) is 19.4 Å². The number of nitrogens with one attached hydrogen (secondary N) is 1. The van der Waals surface area contributed by atoms with Crippen molar-refractivity contribution in [1.29, 1.82) is 0 Å². The number of methoxy groups -OCH3 is 1. The van der Waals surface area contributed by atoms with Gasteiger partial charge in [-0.25, -0.2) is 0 Å². The summed E-state index contributed by atoms with van der Waals surface area (Å²) in [5, 5.41) is 12.3. The van der Waals surface area contributed by atoms with Crippen LogP contribution in [-0.2, 0) is 11.2 Å². The van der Waals surface area contributed by atoms with Gasteiger partial charge in [0.15, 0.2) is 0 Å². The smallest absolute Gasteiger partial charge is 0.115 e. The summed E-state index contributed by atoms with van der Waals surface area (Å²) in [6.45, 7) is 0.731. The lowest BCUT2D eigenvalue weighted by Gasteiger charge is -2.14. The predicted molar refractivity (Wildman–Crippen MR) is 61.2 cm³/mol. The lowest BCUT2D eigenvalue weighted by molar-refractivity contribution is 0.166. The second-order valence-electron chi connectivity index (χ2n) is 3.65. The highest BCUT2D eigenvalue weighted by Crippen LogP contribution is 2.11. The Bertz CT molecular complexity index is 271. The standard InChI is InChI=1S/C12H19NO2/c1-13-11(9-15-2)6-3-10-4-7-12(14)8-5-10/h4-5,7-8,11,13-14H,3,6,9H2,1-2H3. The van der Waals surface area contributed by atoms with Crippen molar-refractivity contribution in [2.75, 3.05) is 20.8 Å². The second-order valence-corrected chi connectivity index (χ2v) is 3.65. The lowest BCUT2D eigenvalue weighted by Crippen LogP contribution is -2.30. The molecule has 0 heterocycles. The second kappa shape index (κ2) is 6.43. The van der Waals surface area contributed by atoms with E-state index in [0.29, 0.717) is 11.8 Å². The number of hydrogen-bond acceptors (Lipinski definition) is 3. The predicted octanol–water partition coefficient (Wildman–Crippen LogP) is 1.56. The normalized spacial score (nSPS) is 12.7. The van der Waals surface area contributed by atoms with Gasteiger partial charge in [-0.1, -0.05) is 12.1 Å². The number of ether oxygens (including phenoxy) is 1. The van der Waals surface area contributed by atoms with Gasteiger partial charge < -0.3 is 15.2 Å². The molecular formula is C12H19NO2. The Kier molecular flexibility index (Phi) is 5.15. The molecule has 0 amide bonds. The molecule has 3 nitrogen and oxygen atoms in total. The maximum absolute atomic E-state index is 9.13. The van der Waals surface area contributed by atoms with Gasteiger partial charge in [-0.3, -0.25) is 0 Å². The lowest BCUT2D eigenvalue weighted by atomic mass is 10.1. The number of hydrogen-bond donors (Lipinski definition) is 2. The summed E-state index contributed by atoms with van der Waals surface area (Å²) in [4.78, 5) is 0. The van der Waals surface area contributed by atoms with Gasteiger partial charge in [0.25, 0.3) is 0 Å². The van der Waals surface area contributed by atoms with E-state index in [1.54, 1.807) is 19.2 Å². The van der Waals surface area contributed by atoms with Gasteiger partial charge in [0, 0.05) is 13.2 Å². The highest BCUT2D eigenvalue weighted by atomic mass is 16.5. The molecule has 0 saturated heterocycles. The molecule has 0 aliphatic rings. The number of aromatic hydroxyl groups is 1. The maximum Gasteiger partial charge on any atom is 0.115 e. The molecule has 3 heteroatoms. The van der Waals surface area contributed by atoms with Crippen LogP contribution in [0.5, 0.6) is 5.75 Å².